The number of nitrogens with one attached hydrogen (secondary N) is 2. The van der Waals surface area contributed by atoms with Gasteiger partial charge in [-0.2, -0.15) is 0 Å². The van der Waals surface area contributed by atoms with Crippen molar-refractivity contribution >= 4 is 23.1 Å². The second-order valence-electron chi connectivity index (χ2n) is 6.02. The van der Waals surface area contributed by atoms with Gasteiger partial charge in [-0.15, -0.1) is 0 Å². The lowest BCUT2D eigenvalue weighted by atomic mass is 10.1. The van der Waals surface area contributed by atoms with Crippen LogP contribution in [-0.4, -0.2) is 22.7 Å². The Labute approximate surface area is 149 Å². The maximum Gasteiger partial charge on any atom is 0.171 e. The first-order valence-corrected chi connectivity index (χ1v) is 8.67. The molecule has 0 aliphatic rings. The van der Waals surface area contributed by atoms with Crippen molar-refractivity contribution in [3.63, 3.8) is 0 Å². The van der Waals surface area contributed by atoms with Gasteiger partial charge in [-0.05, 0) is 81.2 Å². The first-order valence-electron chi connectivity index (χ1n) is 8.26. The molecule has 2 N–H and O–H groups in total. The highest BCUT2D eigenvalue weighted by molar-refractivity contribution is 7.80. The standard InChI is InChI=1S/C19H25N3OS/c1-14(2)23-17-8-4-6-16(13-17)7-5-10-21-19(24)22-18-12-15(3)9-11-20-18/h4,6,8-9,11-14H,5,7,10H2,1-3H3,(H2,20,21,22,24). The van der Waals surface area contributed by atoms with E-state index < -0.39 is 0 Å². The molecule has 4 nitrogen and oxygen atoms in total. The number of aromatic nitrogens is 1. The predicted molar refractivity (Wildman–Crippen MR) is 104 cm³/mol. The minimum Gasteiger partial charge on any atom is -0.491 e. The van der Waals surface area contributed by atoms with Crippen LogP contribution in [0.2, 0.25) is 0 Å². The van der Waals surface area contributed by atoms with Crippen LogP contribution in [0.5, 0.6) is 5.75 Å². The van der Waals surface area contributed by atoms with E-state index >= 15 is 0 Å². The largest absolute Gasteiger partial charge is 0.491 e. The molecule has 0 spiro atoms. The highest BCUT2D eigenvalue weighted by atomic mass is 32.1. The summed E-state index contributed by atoms with van der Waals surface area (Å²) in [5.74, 6) is 1.70. The number of ether oxygens (including phenoxy) is 1. The molecule has 128 valence electrons. The van der Waals surface area contributed by atoms with Crippen molar-refractivity contribution in [1.82, 2.24) is 10.3 Å². The molecule has 0 atom stereocenters. The molecule has 0 saturated carbocycles. The van der Waals surface area contributed by atoms with Crippen LogP contribution >= 0.6 is 12.2 Å². The third kappa shape index (κ3) is 6.54. The van der Waals surface area contributed by atoms with Crippen molar-refractivity contribution in [1.29, 1.82) is 0 Å². The van der Waals surface area contributed by atoms with Crippen molar-refractivity contribution < 1.29 is 4.74 Å². The molecule has 1 aromatic heterocycles. The summed E-state index contributed by atoms with van der Waals surface area (Å²) in [6, 6.07) is 12.2. The van der Waals surface area contributed by atoms with Gasteiger partial charge >= 0.3 is 0 Å². The first kappa shape index (κ1) is 18.2. The van der Waals surface area contributed by atoms with Crippen LogP contribution in [-0.2, 0) is 6.42 Å². The van der Waals surface area contributed by atoms with Gasteiger partial charge in [-0.3, -0.25) is 0 Å². The van der Waals surface area contributed by atoms with Crippen molar-refractivity contribution in [2.24, 2.45) is 0 Å². The van der Waals surface area contributed by atoms with E-state index in [1.54, 1.807) is 6.20 Å². The minimum absolute atomic E-state index is 0.195. The summed E-state index contributed by atoms with van der Waals surface area (Å²) >= 11 is 5.30. The number of rotatable bonds is 7. The molecule has 0 radical (unpaired) electrons. The SMILES string of the molecule is Cc1ccnc(NC(=S)NCCCc2cccc(OC(C)C)c2)c1. The van der Waals surface area contributed by atoms with E-state index in [2.05, 4.69) is 27.8 Å². The lowest BCUT2D eigenvalue weighted by Gasteiger charge is -2.12. The van der Waals surface area contributed by atoms with Crippen molar-refractivity contribution in [2.45, 2.75) is 39.7 Å². The number of benzene rings is 1. The molecule has 1 heterocycles. The van der Waals surface area contributed by atoms with E-state index in [-0.39, 0.29) is 6.10 Å². The Morgan fingerprint density at radius 3 is 2.83 bits per heavy atom. The van der Waals surface area contributed by atoms with Crippen LogP contribution in [0.4, 0.5) is 5.82 Å². The minimum atomic E-state index is 0.195. The summed E-state index contributed by atoms with van der Waals surface area (Å²) in [5.41, 5.74) is 2.42. The van der Waals surface area contributed by atoms with E-state index in [0.717, 1.165) is 36.5 Å². The molecule has 24 heavy (non-hydrogen) atoms. The van der Waals surface area contributed by atoms with Gasteiger partial charge in [-0.1, -0.05) is 12.1 Å². The summed E-state index contributed by atoms with van der Waals surface area (Å²) in [5, 5.41) is 6.92. The summed E-state index contributed by atoms with van der Waals surface area (Å²) in [6.07, 6.45) is 3.94. The average Bonchev–Trinajstić information content (AvgIpc) is 2.51. The van der Waals surface area contributed by atoms with E-state index in [9.17, 15) is 0 Å². The van der Waals surface area contributed by atoms with Crippen molar-refractivity contribution in [3.8, 4) is 5.75 Å². The summed E-state index contributed by atoms with van der Waals surface area (Å²) in [6.45, 7) is 6.91. The summed E-state index contributed by atoms with van der Waals surface area (Å²) in [4.78, 5) is 4.24. The molecule has 0 amide bonds. The van der Waals surface area contributed by atoms with E-state index in [4.69, 9.17) is 17.0 Å². The topological polar surface area (TPSA) is 46.2 Å². The molecule has 0 aliphatic carbocycles. The van der Waals surface area contributed by atoms with E-state index in [0.29, 0.717) is 5.11 Å². The van der Waals surface area contributed by atoms with Crippen LogP contribution in [0.15, 0.2) is 42.6 Å². The second kappa shape index (κ2) is 9.23. The Morgan fingerprint density at radius 1 is 1.25 bits per heavy atom. The number of hydrogen-bond donors (Lipinski definition) is 2. The maximum atomic E-state index is 5.72. The Balaban J connectivity index is 1.71. The van der Waals surface area contributed by atoms with Gasteiger partial charge in [0.2, 0.25) is 0 Å². The second-order valence-corrected chi connectivity index (χ2v) is 6.43. The number of anilines is 1. The molecule has 5 heteroatoms. The molecular formula is C19H25N3OS. The molecule has 2 rings (SSSR count). The van der Waals surface area contributed by atoms with Gasteiger partial charge in [0.05, 0.1) is 6.10 Å². The fourth-order valence-electron chi connectivity index (χ4n) is 2.31. The van der Waals surface area contributed by atoms with Gasteiger partial charge < -0.3 is 15.4 Å². The van der Waals surface area contributed by atoms with Crippen LogP contribution < -0.4 is 15.4 Å². The van der Waals surface area contributed by atoms with Crippen LogP contribution in [0.25, 0.3) is 0 Å². The third-order valence-corrected chi connectivity index (χ3v) is 3.60. The van der Waals surface area contributed by atoms with Gasteiger partial charge in [0.25, 0.3) is 0 Å². The Morgan fingerprint density at radius 2 is 2.08 bits per heavy atom. The number of nitrogens with zero attached hydrogens (tertiary/aromatic N) is 1. The maximum absolute atomic E-state index is 5.72. The zero-order chi connectivity index (χ0) is 17.4. The predicted octanol–water partition coefficient (Wildman–Crippen LogP) is 4.10. The lowest BCUT2D eigenvalue weighted by molar-refractivity contribution is 0.242. The fourth-order valence-corrected chi connectivity index (χ4v) is 2.51. The molecule has 0 unspecified atom stereocenters. The number of hydrogen-bond acceptors (Lipinski definition) is 3. The molecular weight excluding hydrogens is 318 g/mol. The fraction of sp³-hybridized carbons (Fsp3) is 0.368. The number of aryl methyl sites for hydroxylation is 2. The summed E-state index contributed by atoms with van der Waals surface area (Å²) in [7, 11) is 0. The highest BCUT2D eigenvalue weighted by Crippen LogP contribution is 2.16. The molecule has 1 aromatic carbocycles. The highest BCUT2D eigenvalue weighted by Gasteiger charge is 2.01. The van der Waals surface area contributed by atoms with Crippen LogP contribution in [0, 0.1) is 6.92 Å². The van der Waals surface area contributed by atoms with Crippen LogP contribution in [0.1, 0.15) is 31.4 Å². The smallest absolute Gasteiger partial charge is 0.171 e. The van der Waals surface area contributed by atoms with Gasteiger partial charge in [0.1, 0.15) is 11.6 Å². The molecule has 0 saturated heterocycles. The van der Waals surface area contributed by atoms with Gasteiger partial charge in [0.15, 0.2) is 5.11 Å². The zero-order valence-electron chi connectivity index (χ0n) is 14.5. The molecule has 0 aliphatic heterocycles. The molecule has 0 fully saturated rings. The van der Waals surface area contributed by atoms with Gasteiger partial charge in [-0.25, -0.2) is 4.98 Å². The Hall–Kier alpha value is -2.14. The zero-order valence-corrected chi connectivity index (χ0v) is 15.3. The van der Waals surface area contributed by atoms with E-state index in [1.165, 1.54) is 5.56 Å². The molecule has 0 bridgehead atoms. The van der Waals surface area contributed by atoms with Crippen molar-refractivity contribution in [2.75, 3.05) is 11.9 Å². The average molecular weight is 343 g/mol. The third-order valence-electron chi connectivity index (χ3n) is 3.36. The van der Waals surface area contributed by atoms with Crippen molar-refractivity contribution in [3.05, 3.63) is 53.7 Å². The normalized spacial score (nSPS) is 10.5. The Kier molecular flexibility index (Phi) is 7.00. The quantitative estimate of drug-likeness (QED) is 0.585. The lowest BCUT2D eigenvalue weighted by Crippen LogP contribution is -2.29. The number of thiocarbonyl (C=S) groups is 1. The summed E-state index contributed by atoms with van der Waals surface area (Å²) < 4.78 is 5.72. The first-order chi connectivity index (χ1) is 11.5. The monoisotopic (exact) mass is 343 g/mol. The van der Waals surface area contributed by atoms with E-state index in [1.807, 2.05) is 45.0 Å². The molecule has 2 aromatic rings. The number of pyridine rings is 1. The Bertz CT molecular complexity index is 673. The van der Waals surface area contributed by atoms with Gasteiger partial charge in [0, 0.05) is 12.7 Å². The van der Waals surface area contributed by atoms with Crippen LogP contribution in [0.3, 0.4) is 0 Å².